The highest BCUT2D eigenvalue weighted by Crippen LogP contribution is 2.20. The Balaban J connectivity index is 1.68. The summed E-state index contributed by atoms with van der Waals surface area (Å²) < 4.78 is 33.6. The van der Waals surface area contributed by atoms with Crippen LogP contribution in [0.2, 0.25) is 5.02 Å². The van der Waals surface area contributed by atoms with Crippen LogP contribution in [0.1, 0.15) is 26.3 Å². The lowest BCUT2D eigenvalue weighted by Crippen LogP contribution is -2.20. The summed E-state index contributed by atoms with van der Waals surface area (Å²) in [4.78, 5) is 37.3. The van der Waals surface area contributed by atoms with Gasteiger partial charge in [0.05, 0.1) is 17.6 Å². The Morgan fingerprint density at radius 3 is 2.37 bits per heavy atom. The van der Waals surface area contributed by atoms with Gasteiger partial charge < -0.3 is 4.42 Å². The van der Waals surface area contributed by atoms with Crippen LogP contribution in [0, 0.1) is 11.6 Å². The SMILES string of the molecule is O=C(Cn1c(=O)oc2cc(C(=O)c3cc(F)ccc3F)ccc21)c1ccc(Cl)cc1. The van der Waals surface area contributed by atoms with E-state index in [1.165, 1.54) is 18.2 Å². The molecule has 30 heavy (non-hydrogen) atoms. The molecule has 0 aliphatic rings. The van der Waals surface area contributed by atoms with Crippen molar-refractivity contribution in [2.24, 2.45) is 0 Å². The summed E-state index contributed by atoms with van der Waals surface area (Å²) in [5.41, 5.74) is 0.283. The second-order valence-electron chi connectivity index (χ2n) is 6.52. The first-order valence-corrected chi connectivity index (χ1v) is 9.13. The van der Waals surface area contributed by atoms with Crippen molar-refractivity contribution in [1.29, 1.82) is 0 Å². The molecule has 5 nitrogen and oxygen atoms in total. The van der Waals surface area contributed by atoms with Crippen LogP contribution < -0.4 is 5.76 Å². The molecular weight excluding hydrogens is 416 g/mol. The Morgan fingerprint density at radius 2 is 1.63 bits per heavy atom. The molecule has 0 spiro atoms. The fourth-order valence-electron chi connectivity index (χ4n) is 3.06. The van der Waals surface area contributed by atoms with E-state index < -0.39 is 28.7 Å². The van der Waals surface area contributed by atoms with Crippen LogP contribution in [0.3, 0.4) is 0 Å². The minimum Gasteiger partial charge on any atom is -0.408 e. The van der Waals surface area contributed by atoms with E-state index in [2.05, 4.69) is 0 Å². The summed E-state index contributed by atoms with van der Waals surface area (Å²) >= 11 is 5.81. The fraction of sp³-hybridized carbons (Fsp3) is 0.0455. The van der Waals surface area contributed by atoms with Gasteiger partial charge in [-0.25, -0.2) is 13.6 Å². The van der Waals surface area contributed by atoms with E-state index >= 15 is 0 Å². The molecule has 4 rings (SSSR count). The molecule has 0 N–H and O–H groups in total. The van der Waals surface area contributed by atoms with E-state index in [4.69, 9.17) is 16.0 Å². The van der Waals surface area contributed by atoms with Gasteiger partial charge in [-0.2, -0.15) is 0 Å². The van der Waals surface area contributed by atoms with Crippen LogP contribution in [0.15, 0.2) is 69.9 Å². The van der Waals surface area contributed by atoms with Crippen molar-refractivity contribution >= 4 is 34.3 Å². The quantitative estimate of drug-likeness (QED) is 0.435. The largest absolute Gasteiger partial charge is 0.420 e. The van der Waals surface area contributed by atoms with Gasteiger partial charge in [-0.05, 0) is 60.7 Å². The predicted molar refractivity (Wildman–Crippen MR) is 106 cm³/mol. The van der Waals surface area contributed by atoms with Crippen molar-refractivity contribution in [3.8, 4) is 0 Å². The van der Waals surface area contributed by atoms with E-state index in [0.29, 0.717) is 16.1 Å². The number of ketones is 2. The topological polar surface area (TPSA) is 69.3 Å². The highest BCUT2D eigenvalue weighted by Gasteiger charge is 2.19. The van der Waals surface area contributed by atoms with Gasteiger partial charge in [-0.15, -0.1) is 0 Å². The molecule has 150 valence electrons. The van der Waals surface area contributed by atoms with Gasteiger partial charge in [0.25, 0.3) is 0 Å². The van der Waals surface area contributed by atoms with Crippen LogP contribution in [-0.2, 0) is 6.54 Å². The van der Waals surface area contributed by atoms with Crippen molar-refractivity contribution in [2.75, 3.05) is 0 Å². The van der Waals surface area contributed by atoms with E-state index in [0.717, 1.165) is 22.8 Å². The maximum Gasteiger partial charge on any atom is 0.420 e. The summed E-state index contributed by atoms with van der Waals surface area (Å²) in [6.45, 7) is -0.278. The first kappa shape index (κ1) is 19.7. The molecule has 0 fully saturated rings. The number of hydrogen-bond acceptors (Lipinski definition) is 4. The molecule has 0 saturated heterocycles. The molecule has 8 heteroatoms. The highest BCUT2D eigenvalue weighted by molar-refractivity contribution is 6.30. The third kappa shape index (κ3) is 3.67. The number of nitrogens with zero attached hydrogens (tertiary/aromatic N) is 1. The van der Waals surface area contributed by atoms with Gasteiger partial charge in [0.1, 0.15) is 11.6 Å². The summed E-state index contributed by atoms with van der Waals surface area (Å²) in [6, 6.07) is 12.8. The Labute approximate surface area is 173 Å². The zero-order chi connectivity index (χ0) is 21.4. The Hall–Kier alpha value is -3.58. The van der Waals surface area contributed by atoms with Gasteiger partial charge in [-0.1, -0.05) is 11.6 Å². The molecule has 3 aromatic carbocycles. The van der Waals surface area contributed by atoms with Crippen molar-refractivity contribution in [3.63, 3.8) is 0 Å². The number of hydrogen-bond donors (Lipinski definition) is 0. The molecule has 0 atom stereocenters. The molecule has 1 aromatic heterocycles. The molecule has 4 aromatic rings. The normalized spacial score (nSPS) is 11.0. The Kier molecular flexibility index (Phi) is 5.05. The second-order valence-corrected chi connectivity index (χ2v) is 6.96. The molecule has 0 aliphatic heterocycles. The standard InChI is InChI=1S/C22H12ClF2NO4/c23-14-4-1-12(2-5-14)19(27)11-26-18-8-3-13(9-20(18)30-22(26)29)21(28)16-10-15(24)6-7-17(16)25/h1-10H,11H2. The first-order valence-electron chi connectivity index (χ1n) is 8.75. The van der Waals surface area contributed by atoms with Gasteiger partial charge in [0, 0.05) is 16.1 Å². The van der Waals surface area contributed by atoms with E-state index in [-0.39, 0.29) is 23.5 Å². The summed E-state index contributed by atoms with van der Waals surface area (Å²) in [5, 5.41) is 0.476. The Morgan fingerprint density at radius 1 is 0.933 bits per heavy atom. The smallest absolute Gasteiger partial charge is 0.408 e. The molecule has 0 bridgehead atoms. The zero-order valence-corrected chi connectivity index (χ0v) is 16.0. The number of fused-ring (bicyclic) bond motifs is 1. The molecule has 0 aliphatic carbocycles. The predicted octanol–water partition coefficient (Wildman–Crippen LogP) is 4.64. The molecule has 0 saturated carbocycles. The number of carbonyl (C=O) groups is 2. The van der Waals surface area contributed by atoms with Crippen LogP contribution in [0.25, 0.3) is 11.1 Å². The Bertz CT molecular complexity index is 1360. The van der Waals surface area contributed by atoms with Crippen LogP contribution in [0.5, 0.6) is 0 Å². The second kappa shape index (κ2) is 7.68. The number of benzene rings is 3. The fourth-order valence-corrected chi connectivity index (χ4v) is 3.18. The van der Waals surface area contributed by atoms with E-state index in [1.807, 2.05) is 0 Å². The van der Waals surface area contributed by atoms with Gasteiger partial charge in [-0.3, -0.25) is 14.2 Å². The molecule has 1 heterocycles. The van der Waals surface area contributed by atoms with Crippen LogP contribution in [0.4, 0.5) is 8.78 Å². The maximum absolute atomic E-state index is 13.9. The van der Waals surface area contributed by atoms with Gasteiger partial charge in [0.2, 0.25) is 0 Å². The number of carbonyl (C=O) groups excluding carboxylic acids is 2. The van der Waals surface area contributed by atoms with Crippen molar-refractivity contribution in [1.82, 2.24) is 4.57 Å². The average molecular weight is 428 g/mol. The number of rotatable bonds is 5. The summed E-state index contributed by atoms with van der Waals surface area (Å²) in [7, 11) is 0. The first-order chi connectivity index (χ1) is 14.3. The zero-order valence-electron chi connectivity index (χ0n) is 15.2. The van der Waals surface area contributed by atoms with Crippen molar-refractivity contribution < 1.29 is 22.8 Å². The lowest BCUT2D eigenvalue weighted by molar-refractivity contribution is 0.0969. The van der Waals surface area contributed by atoms with Crippen LogP contribution >= 0.6 is 11.6 Å². The average Bonchev–Trinajstić information content (AvgIpc) is 3.04. The van der Waals surface area contributed by atoms with Gasteiger partial charge >= 0.3 is 5.76 Å². The number of oxazole rings is 1. The minimum absolute atomic E-state index is 0.0110. The molecule has 0 amide bonds. The molecule has 0 radical (unpaired) electrons. The number of Topliss-reactive ketones (excluding diaryl/α,β-unsaturated/α-hetero) is 1. The molecule has 0 unspecified atom stereocenters. The van der Waals surface area contributed by atoms with Crippen molar-refractivity contribution in [3.05, 3.63) is 105 Å². The maximum atomic E-state index is 13.9. The highest BCUT2D eigenvalue weighted by atomic mass is 35.5. The van der Waals surface area contributed by atoms with E-state index in [9.17, 15) is 23.2 Å². The monoisotopic (exact) mass is 427 g/mol. The number of aromatic nitrogens is 1. The van der Waals surface area contributed by atoms with Crippen molar-refractivity contribution in [2.45, 2.75) is 6.54 Å². The lowest BCUT2D eigenvalue weighted by atomic mass is 10.0. The van der Waals surface area contributed by atoms with Gasteiger partial charge in [0.15, 0.2) is 17.1 Å². The number of halogens is 3. The third-order valence-corrected chi connectivity index (χ3v) is 4.82. The third-order valence-electron chi connectivity index (χ3n) is 4.57. The molecular formula is C22H12ClF2NO4. The lowest BCUT2D eigenvalue weighted by Gasteiger charge is -2.05. The van der Waals surface area contributed by atoms with E-state index in [1.54, 1.807) is 24.3 Å². The minimum atomic E-state index is -0.867. The van der Waals surface area contributed by atoms with Crippen LogP contribution in [-0.4, -0.2) is 16.1 Å². The summed E-state index contributed by atoms with van der Waals surface area (Å²) in [6.07, 6.45) is 0. The summed E-state index contributed by atoms with van der Waals surface area (Å²) in [5.74, 6) is -3.50.